The van der Waals surface area contributed by atoms with Crippen LogP contribution in [0.25, 0.3) is 16.9 Å². The lowest BCUT2D eigenvalue weighted by atomic mass is 10.1. The van der Waals surface area contributed by atoms with Crippen molar-refractivity contribution in [3.63, 3.8) is 0 Å². The molecule has 0 radical (unpaired) electrons. The van der Waals surface area contributed by atoms with Crippen LogP contribution in [-0.4, -0.2) is 73.0 Å². The number of imidazole rings is 1. The van der Waals surface area contributed by atoms with Crippen molar-refractivity contribution >= 4 is 38.9 Å². The maximum atomic E-state index is 12.1. The van der Waals surface area contributed by atoms with Gasteiger partial charge in [0.05, 0.1) is 23.3 Å². The predicted octanol–water partition coefficient (Wildman–Crippen LogP) is 2.71. The lowest BCUT2D eigenvalue weighted by molar-refractivity contribution is -0.130. The van der Waals surface area contributed by atoms with Crippen molar-refractivity contribution in [3.8, 4) is 11.3 Å². The Hall–Kier alpha value is -2.62. The predicted molar refractivity (Wildman–Crippen MR) is 126 cm³/mol. The van der Waals surface area contributed by atoms with Crippen LogP contribution in [0, 0.1) is 0 Å². The number of fused-ring (bicyclic) bond motifs is 1. The van der Waals surface area contributed by atoms with Crippen LogP contribution in [0.1, 0.15) is 12.6 Å². The first kappa shape index (κ1) is 22.6. The highest BCUT2D eigenvalue weighted by molar-refractivity contribution is 7.92. The van der Waals surface area contributed by atoms with Crippen LogP contribution in [0.2, 0.25) is 5.02 Å². The first-order chi connectivity index (χ1) is 15.1. The zero-order chi connectivity index (χ0) is 23.0. The summed E-state index contributed by atoms with van der Waals surface area (Å²) in [6.07, 6.45) is 2.99. The maximum Gasteiger partial charge on any atom is 0.232 e. The molecule has 8 nitrogen and oxygen atoms in total. The van der Waals surface area contributed by atoms with Crippen LogP contribution in [-0.2, 0) is 21.4 Å². The SMILES string of the molecule is CC(=O)N1CCN(Cc2c(-c3ccc(Cl)cc3)nc3ccc(N(C)S(C)(=O)=O)cn23)CC1. The van der Waals surface area contributed by atoms with Gasteiger partial charge in [-0.1, -0.05) is 23.7 Å². The van der Waals surface area contributed by atoms with E-state index >= 15 is 0 Å². The number of hydrogen-bond donors (Lipinski definition) is 0. The van der Waals surface area contributed by atoms with Gasteiger partial charge in [0.25, 0.3) is 0 Å². The molecule has 0 bridgehead atoms. The molecular weight excluding hydrogens is 450 g/mol. The molecule has 3 heterocycles. The minimum Gasteiger partial charge on any atom is -0.340 e. The lowest BCUT2D eigenvalue weighted by Gasteiger charge is -2.34. The van der Waals surface area contributed by atoms with Crippen LogP contribution in [0.5, 0.6) is 0 Å². The molecule has 0 aliphatic carbocycles. The summed E-state index contributed by atoms with van der Waals surface area (Å²) in [6.45, 7) is 5.11. The Morgan fingerprint density at radius 1 is 1.09 bits per heavy atom. The molecule has 32 heavy (non-hydrogen) atoms. The van der Waals surface area contributed by atoms with Gasteiger partial charge in [-0.3, -0.25) is 18.4 Å². The van der Waals surface area contributed by atoms with Crippen molar-refractivity contribution in [2.45, 2.75) is 13.5 Å². The van der Waals surface area contributed by atoms with Gasteiger partial charge < -0.3 is 4.90 Å². The summed E-state index contributed by atoms with van der Waals surface area (Å²) in [6, 6.07) is 11.1. The summed E-state index contributed by atoms with van der Waals surface area (Å²) >= 11 is 6.08. The number of hydrogen-bond acceptors (Lipinski definition) is 5. The largest absolute Gasteiger partial charge is 0.340 e. The Morgan fingerprint density at radius 2 is 1.75 bits per heavy atom. The number of benzene rings is 1. The number of piperazine rings is 1. The van der Waals surface area contributed by atoms with E-state index in [-0.39, 0.29) is 5.91 Å². The minimum atomic E-state index is -3.39. The Kier molecular flexibility index (Phi) is 6.15. The molecule has 2 aromatic heterocycles. The third-order valence-electron chi connectivity index (χ3n) is 5.87. The van der Waals surface area contributed by atoms with Crippen molar-refractivity contribution in [2.75, 3.05) is 43.8 Å². The Bertz CT molecular complexity index is 1250. The topological polar surface area (TPSA) is 78.2 Å². The fourth-order valence-electron chi connectivity index (χ4n) is 3.88. The number of pyridine rings is 1. The van der Waals surface area contributed by atoms with Crippen molar-refractivity contribution < 1.29 is 13.2 Å². The van der Waals surface area contributed by atoms with E-state index in [0.717, 1.165) is 35.7 Å². The molecule has 1 aromatic carbocycles. The van der Waals surface area contributed by atoms with Crippen molar-refractivity contribution in [1.29, 1.82) is 0 Å². The Morgan fingerprint density at radius 3 is 2.34 bits per heavy atom. The molecule has 3 aromatic rings. The number of amides is 1. The Labute approximate surface area is 193 Å². The molecule has 4 rings (SSSR count). The van der Waals surface area contributed by atoms with Gasteiger partial charge in [0.2, 0.25) is 15.9 Å². The fraction of sp³-hybridized carbons (Fsp3) is 0.364. The number of nitrogens with zero attached hydrogens (tertiary/aromatic N) is 5. The monoisotopic (exact) mass is 475 g/mol. The quantitative estimate of drug-likeness (QED) is 0.567. The highest BCUT2D eigenvalue weighted by Crippen LogP contribution is 2.29. The molecule has 1 fully saturated rings. The standard InChI is InChI=1S/C22H26ClN5O3S/c1-16(29)27-12-10-26(11-13-27)15-20-22(17-4-6-18(23)7-5-17)24-21-9-8-19(14-28(20)21)25(2)32(3,30)31/h4-9,14H,10-13,15H2,1-3H3. The van der Waals surface area contributed by atoms with Crippen molar-refractivity contribution in [1.82, 2.24) is 19.2 Å². The van der Waals surface area contributed by atoms with Gasteiger partial charge in [-0.2, -0.15) is 0 Å². The van der Waals surface area contributed by atoms with Gasteiger partial charge in [0.15, 0.2) is 0 Å². The zero-order valence-corrected chi connectivity index (χ0v) is 19.9. The maximum absolute atomic E-state index is 12.1. The van der Waals surface area contributed by atoms with E-state index in [2.05, 4.69) is 4.90 Å². The smallest absolute Gasteiger partial charge is 0.232 e. The third-order valence-corrected chi connectivity index (χ3v) is 7.33. The second kappa shape index (κ2) is 8.73. The number of carbonyl (C=O) groups excluding carboxylic acids is 1. The highest BCUT2D eigenvalue weighted by Gasteiger charge is 2.23. The molecule has 1 aliphatic rings. The highest BCUT2D eigenvalue weighted by atomic mass is 35.5. The van der Waals surface area contributed by atoms with Crippen LogP contribution in [0.15, 0.2) is 42.6 Å². The van der Waals surface area contributed by atoms with Gasteiger partial charge in [-0.25, -0.2) is 13.4 Å². The summed E-state index contributed by atoms with van der Waals surface area (Å²) in [5.74, 6) is 0.0924. The van der Waals surface area contributed by atoms with Crippen LogP contribution in [0.3, 0.4) is 0 Å². The van der Waals surface area contributed by atoms with Crippen molar-refractivity contribution in [3.05, 3.63) is 53.3 Å². The van der Waals surface area contributed by atoms with E-state index in [1.54, 1.807) is 13.0 Å². The third kappa shape index (κ3) is 4.60. The lowest BCUT2D eigenvalue weighted by Crippen LogP contribution is -2.47. The number of rotatable bonds is 5. The molecule has 0 saturated carbocycles. The molecule has 1 amide bonds. The van der Waals surface area contributed by atoms with E-state index in [1.165, 1.54) is 17.6 Å². The molecule has 0 N–H and O–H groups in total. The first-order valence-corrected chi connectivity index (χ1v) is 12.5. The summed E-state index contributed by atoms with van der Waals surface area (Å²) in [5.41, 5.74) is 4.02. The van der Waals surface area contributed by atoms with Crippen LogP contribution < -0.4 is 4.31 Å². The fourth-order valence-corrected chi connectivity index (χ4v) is 4.50. The average Bonchev–Trinajstić information content (AvgIpc) is 3.11. The van der Waals surface area contributed by atoms with Gasteiger partial charge >= 0.3 is 0 Å². The molecule has 170 valence electrons. The summed E-state index contributed by atoms with van der Waals surface area (Å²) in [4.78, 5) is 20.7. The molecule has 10 heteroatoms. The second-order valence-electron chi connectivity index (χ2n) is 8.04. The summed E-state index contributed by atoms with van der Waals surface area (Å²) < 4.78 is 27.3. The van der Waals surface area contributed by atoms with E-state index in [1.807, 2.05) is 45.8 Å². The zero-order valence-electron chi connectivity index (χ0n) is 18.3. The molecule has 0 unspecified atom stereocenters. The number of sulfonamides is 1. The van der Waals surface area contributed by atoms with Gasteiger partial charge in [-0.15, -0.1) is 0 Å². The van der Waals surface area contributed by atoms with Crippen LogP contribution in [0.4, 0.5) is 5.69 Å². The van der Waals surface area contributed by atoms with Gasteiger partial charge in [0.1, 0.15) is 5.65 Å². The first-order valence-electron chi connectivity index (χ1n) is 10.3. The number of carbonyl (C=O) groups is 1. The summed E-state index contributed by atoms with van der Waals surface area (Å²) in [5, 5.41) is 0.650. The van der Waals surface area contributed by atoms with E-state index in [9.17, 15) is 13.2 Å². The second-order valence-corrected chi connectivity index (χ2v) is 10.5. The minimum absolute atomic E-state index is 0.0924. The summed E-state index contributed by atoms with van der Waals surface area (Å²) in [7, 11) is -1.86. The molecular formula is C22H26ClN5O3S. The van der Waals surface area contributed by atoms with Gasteiger partial charge in [0, 0.05) is 63.5 Å². The molecule has 0 spiro atoms. The number of halogens is 1. The Balaban J connectivity index is 1.76. The van der Waals surface area contributed by atoms with Gasteiger partial charge in [-0.05, 0) is 24.3 Å². The number of aromatic nitrogens is 2. The normalized spacial score (nSPS) is 15.3. The molecule has 1 aliphatic heterocycles. The molecule has 1 saturated heterocycles. The van der Waals surface area contributed by atoms with Crippen molar-refractivity contribution in [2.24, 2.45) is 0 Å². The van der Waals surface area contributed by atoms with Crippen LogP contribution >= 0.6 is 11.6 Å². The molecule has 0 atom stereocenters. The van der Waals surface area contributed by atoms with E-state index in [0.29, 0.717) is 30.3 Å². The van der Waals surface area contributed by atoms with E-state index in [4.69, 9.17) is 16.6 Å². The average molecular weight is 476 g/mol. The van der Waals surface area contributed by atoms with E-state index < -0.39 is 10.0 Å². The number of anilines is 1.